The van der Waals surface area contributed by atoms with Crippen molar-refractivity contribution in [2.75, 3.05) is 25.1 Å². The van der Waals surface area contributed by atoms with Crippen molar-refractivity contribution >= 4 is 11.7 Å². The number of aliphatic carboxylic acids is 1. The van der Waals surface area contributed by atoms with Gasteiger partial charge in [-0.2, -0.15) is 5.26 Å². The van der Waals surface area contributed by atoms with Gasteiger partial charge in [-0.3, -0.25) is 0 Å². The first-order chi connectivity index (χ1) is 13.0. The smallest absolute Gasteiger partial charge is 0.330 e. The van der Waals surface area contributed by atoms with Crippen molar-refractivity contribution in [1.29, 1.82) is 5.26 Å². The van der Waals surface area contributed by atoms with E-state index in [1.165, 1.54) is 30.3 Å². The molecule has 7 nitrogen and oxygen atoms in total. The van der Waals surface area contributed by atoms with E-state index in [2.05, 4.69) is 5.32 Å². The maximum Gasteiger partial charge on any atom is 0.330 e. The van der Waals surface area contributed by atoms with Crippen LogP contribution in [0.2, 0.25) is 0 Å². The number of carboxylic acids is 1. The second-order valence-corrected chi connectivity index (χ2v) is 5.43. The molecule has 142 valence electrons. The molecule has 2 rings (SSSR count). The molecule has 0 aliphatic heterocycles. The van der Waals surface area contributed by atoms with Crippen LogP contribution in [0.5, 0.6) is 11.5 Å². The Morgan fingerprint density at radius 1 is 1.26 bits per heavy atom. The Hall–Kier alpha value is -3.31. The van der Waals surface area contributed by atoms with Gasteiger partial charge in [0.2, 0.25) is 0 Å². The molecule has 0 radical (unpaired) electrons. The Kier molecular flexibility index (Phi) is 6.97. The third-order valence-corrected chi connectivity index (χ3v) is 3.59. The monoisotopic (exact) mass is 374 g/mol. The lowest BCUT2D eigenvalue weighted by Crippen LogP contribution is -2.22. The molecule has 1 atom stereocenters. The van der Waals surface area contributed by atoms with E-state index in [-0.39, 0.29) is 36.9 Å². The van der Waals surface area contributed by atoms with Gasteiger partial charge in [-0.05, 0) is 37.3 Å². The molecule has 27 heavy (non-hydrogen) atoms. The van der Waals surface area contributed by atoms with Gasteiger partial charge >= 0.3 is 5.97 Å². The quantitative estimate of drug-likeness (QED) is 0.619. The number of hydrogen-bond donors (Lipinski definition) is 3. The number of ether oxygens (including phenoxy) is 2. The molecule has 8 heteroatoms. The molecule has 2 aromatic rings. The highest BCUT2D eigenvalue weighted by atomic mass is 19.1. The molecular weight excluding hydrogens is 355 g/mol. The van der Waals surface area contributed by atoms with Crippen LogP contribution in [0.3, 0.4) is 0 Å². The number of nitrogens with one attached hydrogen (secondary N) is 1. The lowest BCUT2D eigenvalue weighted by Gasteiger charge is -2.19. The van der Waals surface area contributed by atoms with Crippen LogP contribution >= 0.6 is 0 Å². The largest absolute Gasteiger partial charge is 0.490 e. The lowest BCUT2D eigenvalue weighted by atomic mass is 10.0. The first kappa shape index (κ1) is 20.0. The predicted octanol–water partition coefficient (Wildman–Crippen LogP) is 2.70. The molecular formula is C19H19FN2O5. The summed E-state index contributed by atoms with van der Waals surface area (Å²) in [7, 11) is 0. The fourth-order valence-electron chi connectivity index (χ4n) is 2.39. The normalized spacial score (nSPS) is 11.3. The van der Waals surface area contributed by atoms with Crippen molar-refractivity contribution in [2.24, 2.45) is 0 Å². The summed E-state index contributed by atoms with van der Waals surface area (Å²) in [6, 6.07) is 9.00. The molecule has 3 N–H and O–H groups in total. The zero-order chi connectivity index (χ0) is 19.8. The number of aliphatic hydroxyl groups is 1. The van der Waals surface area contributed by atoms with Gasteiger partial charge in [-0.1, -0.05) is 0 Å². The summed E-state index contributed by atoms with van der Waals surface area (Å²) in [5.74, 6) is -1.82. The van der Waals surface area contributed by atoms with Gasteiger partial charge in [0.15, 0.2) is 17.5 Å². The van der Waals surface area contributed by atoms with E-state index in [0.29, 0.717) is 11.3 Å². The number of halogens is 1. The molecule has 0 aromatic heterocycles. The van der Waals surface area contributed by atoms with Crippen LogP contribution in [0.1, 0.15) is 24.1 Å². The van der Waals surface area contributed by atoms with E-state index >= 15 is 0 Å². The highest BCUT2D eigenvalue weighted by Crippen LogP contribution is 2.34. The van der Waals surface area contributed by atoms with Gasteiger partial charge in [-0.15, -0.1) is 0 Å². The van der Waals surface area contributed by atoms with E-state index in [0.717, 1.165) is 6.07 Å². The number of rotatable bonds is 9. The average Bonchev–Trinajstić information content (AvgIpc) is 2.66. The molecule has 0 aliphatic carbocycles. The second kappa shape index (κ2) is 9.40. The highest BCUT2D eigenvalue weighted by molar-refractivity contribution is 5.79. The zero-order valence-electron chi connectivity index (χ0n) is 14.6. The van der Waals surface area contributed by atoms with E-state index in [9.17, 15) is 14.3 Å². The fraction of sp³-hybridized carbons (Fsp3) is 0.263. The number of anilines is 1. The van der Waals surface area contributed by atoms with Gasteiger partial charge in [0, 0.05) is 17.3 Å². The molecule has 0 spiro atoms. The second-order valence-electron chi connectivity index (χ2n) is 5.43. The third-order valence-electron chi connectivity index (χ3n) is 3.59. The molecule has 0 bridgehead atoms. The number of nitriles is 1. The van der Waals surface area contributed by atoms with Crippen LogP contribution < -0.4 is 14.8 Å². The summed E-state index contributed by atoms with van der Waals surface area (Å²) < 4.78 is 25.2. The Labute approximate surface area is 155 Å². The van der Waals surface area contributed by atoms with Gasteiger partial charge in [-0.25, -0.2) is 9.18 Å². The summed E-state index contributed by atoms with van der Waals surface area (Å²) in [5, 5.41) is 30.0. The Morgan fingerprint density at radius 3 is 2.48 bits per heavy atom. The molecule has 2 aromatic carbocycles. The minimum absolute atomic E-state index is 0.0509. The van der Waals surface area contributed by atoms with Gasteiger partial charge in [0.25, 0.3) is 0 Å². The van der Waals surface area contributed by atoms with Crippen molar-refractivity contribution in [2.45, 2.75) is 13.0 Å². The van der Waals surface area contributed by atoms with Gasteiger partial charge < -0.3 is 25.0 Å². The van der Waals surface area contributed by atoms with Crippen LogP contribution in [0.25, 0.3) is 0 Å². The van der Waals surface area contributed by atoms with Crippen LogP contribution in [0.15, 0.2) is 36.4 Å². The number of benzene rings is 2. The minimum Gasteiger partial charge on any atom is -0.490 e. The Morgan fingerprint density at radius 2 is 1.93 bits per heavy atom. The van der Waals surface area contributed by atoms with Crippen LogP contribution in [0.4, 0.5) is 10.1 Å². The predicted molar refractivity (Wildman–Crippen MR) is 95.3 cm³/mol. The first-order valence-electron chi connectivity index (χ1n) is 8.19. The molecule has 0 aliphatic rings. The molecule has 0 saturated carbocycles. The Balaban J connectivity index is 2.38. The molecule has 0 fully saturated rings. The average molecular weight is 374 g/mol. The van der Waals surface area contributed by atoms with Crippen LogP contribution in [-0.2, 0) is 4.79 Å². The van der Waals surface area contributed by atoms with Crippen molar-refractivity contribution in [1.82, 2.24) is 0 Å². The molecule has 1 unspecified atom stereocenters. The van der Waals surface area contributed by atoms with E-state index in [4.69, 9.17) is 19.8 Å². The summed E-state index contributed by atoms with van der Waals surface area (Å²) in [5.41, 5.74) is 0.702. The summed E-state index contributed by atoms with van der Waals surface area (Å²) in [6.45, 7) is 1.68. The maximum atomic E-state index is 14.6. The number of hydrogen-bond acceptors (Lipinski definition) is 6. The summed E-state index contributed by atoms with van der Waals surface area (Å²) in [6.07, 6.45) is 0. The minimum atomic E-state index is -1.39. The molecule has 0 heterocycles. The molecule has 0 saturated heterocycles. The standard InChI is InChI=1S/C19H19FN2O5/c1-2-26-16-9-14(15(20)10-17(16)27-8-7-23)18(19(24)25)22-13-5-3-12(11-21)4-6-13/h3-6,9-10,18,22-23H,2,7-8H2,1H3,(H,24,25). The van der Waals surface area contributed by atoms with E-state index in [1.807, 2.05) is 6.07 Å². The van der Waals surface area contributed by atoms with Crippen molar-refractivity contribution in [3.8, 4) is 17.6 Å². The Bertz CT molecular complexity index is 833. The van der Waals surface area contributed by atoms with Crippen molar-refractivity contribution < 1.29 is 28.9 Å². The summed E-state index contributed by atoms with van der Waals surface area (Å²) in [4.78, 5) is 11.7. The van der Waals surface area contributed by atoms with Crippen LogP contribution in [-0.4, -0.2) is 36.0 Å². The third kappa shape index (κ3) is 5.09. The molecule has 0 amide bonds. The summed E-state index contributed by atoms with van der Waals surface area (Å²) >= 11 is 0. The number of carbonyl (C=O) groups is 1. The lowest BCUT2D eigenvalue weighted by molar-refractivity contribution is -0.138. The first-order valence-corrected chi connectivity index (χ1v) is 8.19. The zero-order valence-corrected chi connectivity index (χ0v) is 14.6. The topological polar surface area (TPSA) is 112 Å². The van der Waals surface area contributed by atoms with Crippen LogP contribution in [0, 0.1) is 17.1 Å². The fourth-order valence-corrected chi connectivity index (χ4v) is 2.39. The number of carboxylic acid groups (broad SMARTS) is 1. The SMILES string of the molecule is CCOc1cc(C(Nc2ccc(C#N)cc2)C(=O)O)c(F)cc1OCCO. The van der Waals surface area contributed by atoms with Crippen molar-refractivity contribution in [3.05, 3.63) is 53.3 Å². The van der Waals surface area contributed by atoms with Crippen molar-refractivity contribution in [3.63, 3.8) is 0 Å². The van der Waals surface area contributed by atoms with E-state index in [1.54, 1.807) is 6.92 Å². The van der Waals surface area contributed by atoms with E-state index < -0.39 is 17.8 Å². The maximum absolute atomic E-state index is 14.6. The highest BCUT2D eigenvalue weighted by Gasteiger charge is 2.26. The van der Waals surface area contributed by atoms with Gasteiger partial charge in [0.1, 0.15) is 12.4 Å². The number of aliphatic hydroxyl groups excluding tert-OH is 1. The number of nitrogens with zero attached hydrogens (tertiary/aromatic N) is 1. The van der Waals surface area contributed by atoms with Gasteiger partial charge in [0.05, 0.1) is 24.8 Å².